The first-order valence-electron chi connectivity index (χ1n) is 13.9. The summed E-state index contributed by atoms with van der Waals surface area (Å²) in [6.07, 6.45) is 1.98. The Bertz CT molecular complexity index is 1080. The first kappa shape index (κ1) is 29.6. The van der Waals surface area contributed by atoms with E-state index in [-0.39, 0.29) is 11.8 Å². The fourth-order valence-electron chi connectivity index (χ4n) is 5.91. The summed E-state index contributed by atoms with van der Waals surface area (Å²) in [5.41, 5.74) is -0.673. The van der Waals surface area contributed by atoms with Gasteiger partial charge in [-0.2, -0.15) is 22.0 Å². The first-order chi connectivity index (χ1) is 18.5. The topological polar surface area (TPSA) is 9.23 Å². The Hall–Kier alpha value is -2.35. The number of alkyl halides is 5. The predicted octanol–water partition coefficient (Wildman–Crippen LogP) is 10.1. The molecule has 1 nitrogen and oxygen atoms in total. The minimum Gasteiger partial charge on any atom is -0.313 e. The van der Waals surface area contributed by atoms with Crippen LogP contribution in [0.2, 0.25) is 0 Å². The molecule has 8 heteroatoms. The van der Waals surface area contributed by atoms with Gasteiger partial charge in [-0.25, -0.2) is 8.78 Å². The largest absolute Gasteiger partial charge is 0.416 e. The Morgan fingerprint density at radius 3 is 1.77 bits per heavy atom. The number of hydrogen-bond acceptors (Lipinski definition) is 1. The fourth-order valence-corrected chi connectivity index (χ4v) is 5.91. The molecule has 0 heterocycles. The summed E-state index contributed by atoms with van der Waals surface area (Å²) < 4.78 is 102. The van der Waals surface area contributed by atoms with Gasteiger partial charge in [-0.3, -0.25) is 0 Å². The van der Waals surface area contributed by atoms with Crippen LogP contribution in [-0.2, 0) is 23.4 Å². The summed E-state index contributed by atoms with van der Waals surface area (Å²) >= 11 is 0. The lowest BCUT2D eigenvalue weighted by Gasteiger charge is -2.31. The second-order valence-corrected chi connectivity index (χ2v) is 11.0. The second kappa shape index (κ2) is 12.4. The van der Waals surface area contributed by atoms with Gasteiger partial charge in [0, 0.05) is 0 Å². The maximum Gasteiger partial charge on any atom is 0.416 e. The molecule has 2 aliphatic rings. The van der Waals surface area contributed by atoms with Crippen molar-refractivity contribution in [2.75, 3.05) is 0 Å². The molecule has 39 heavy (non-hydrogen) atoms. The minimum atomic E-state index is -4.33. The Morgan fingerprint density at radius 1 is 0.769 bits per heavy atom. The van der Waals surface area contributed by atoms with E-state index in [4.69, 9.17) is 4.74 Å². The maximum atomic E-state index is 14.7. The minimum absolute atomic E-state index is 0.230. The highest BCUT2D eigenvalue weighted by Crippen LogP contribution is 2.40. The van der Waals surface area contributed by atoms with Crippen molar-refractivity contribution in [2.24, 2.45) is 11.8 Å². The van der Waals surface area contributed by atoms with E-state index in [0.29, 0.717) is 50.0 Å². The lowest BCUT2D eigenvalue weighted by atomic mass is 9.77. The SMILES string of the molecule is CCCc1cc(F)c(C(F)(F)OC2CCC(/C=C/C3CCC(c4ccc(C(F)(F)F)cc4)CC3)CC2)c(F)c1. The van der Waals surface area contributed by atoms with Crippen molar-refractivity contribution in [1.29, 1.82) is 0 Å². The number of benzene rings is 2. The van der Waals surface area contributed by atoms with Crippen molar-refractivity contribution < 1.29 is 35.5 Å². The quantitative estimate of drug-likeness (QED) is 0.232. The van der Waals surface area contributed by atoms with Crippen LogP contribution >= 0.6 is 0 Å². The number of rotatable bonds is 8. The molecule has 0 aliphatic heterocycles. The van der Waals surface area contributed by atoms with E-state index in [9.17, 15) is 30.7 Å². The normalized spacial score (nSPS) is 24.8. The van der Waals surface area contributed by atoms with Gasteiger partial charge < -0.3 is 4.74 Å². The Balaban J connectivity index is 1.23. The van der Waals surface area contributed by atoms with E-state index in [1.54, 1.807) is 12.1 Å². The van der Waals surface area contributed by atoms with Crippen LogP contribution in [0.25, 0.3) is 0 Å². The maximum absolute atomic E-state index is 14.7. The molecule has 2 saturated carbocycles. The molecule has 0 saturated heterocycles. The molecular formula is C31H35F7O. The summed E-state index contributed by atoms with van der Waals surface area (Å²) in [4.78, 5) is 0. The van der Waals surface area contributed by atoms with Gasteiger partial charge in [-0.1, -0.05) is 37.6 Å². The molecule has 214 valence electrons. The molecule has 0 aromatic heterocycles. The molecule has 0 atom stereocenters. The predicted molar refractivity (Wildman–Crippen MR) is 136 cm³/mol. The van der Waals surface area contributed by atoms with Crippen LogP contribution in [0.1, 0.15) is 92.9 Å². The van der Waals surface area contributed by atoms with E-state index in [0.717, 1.165) is 55.5 Å². The van der Waals surface area contributed by atoms with Gasteiger partial charge in [0.25, 0.3) is 0 Å². The molecule has 2 aliphatic carbocycles. The lowest BCUT2D eigenvalue weighted by molar-refractivity contribution is -0.280. The van der Waals surface area contributed by atoms with E-state index >= 15 is 0 Å². The third-order valence-corrected chi connectivity index (χ3v) is 8.10. The molecule has 0 N–H and O–H groups in total. The number of hydrogen-bond donors (Lipinski definition) is 0. The summed E-state index contributed by atoms with van der Waals surface area (Å²) in [5, 5.41) is 0. The van der Waals surface area contributed by atoms with E-state index in [2.05, 4.69) is 12.2 Å². The van der Waals surface area contributed by atoms with Crippen LogP contribution in [0.5, 0.6) is 0 Å². The molecule has 2 aromatic rings. The van der Waals surface area contributed by atoms with Crippen molar-refractivity contribution >= 4 is 0 Å². The van der Waals surface area contributed by atoms with Crippen LogP contribution in [-0.4, -0.2) is 6.10 Å². The van der Waals surface area contributed by atoms with E-state index in [1.807, 2.05) is 6.92 Å². The van der Waals surface area contributed by atoms with E-state index < -0.39 is 41.2 Å². The molecular weight excluding hydrogens is 521 g/mol. The van der Waals surface area contributed by atoms with Crippen molar-refractivity contribution in [2.45, 2.75) is 95.4 Å². The summed E-state index contributed by atoms with van der Waals surface area (Å²) in [7, 11) is 0. The van der Waals surface area contributed by atoms with Crippen LogP contribution in [0, 0.1) is 23.5 Å². The smallest absolute Gasteiger partial charge is 0.313 e. The summed E-state index contributed by atoms with van der Waals surface area (Å²) in [5.74, 6) is -1.70. The Labute approximate surface area is 225 Å². The van der Waals surface area contributed by atoms with Crippen LogP contribution < -0.4 is 0 Å². The highest BCUT2D eigenvalue weighted by atomic mass is 19.4. The zero-order chi connectivity index (χ0) is 28.2. The summed E-state index contributed by atoms with van der Waals surface area (Å²) in [6.45, 7) is 1.84. The van der Waals surface area contributed by atoms with Crippen molar-refractivity contribution in [1.82, 2.24) is 0 Å². The van der Waals surface area contributed by atoms with Crippen molar-refractivity contribution in [3.8, 4) is 0 Å². The van der Waals surface area contributed by atoms with Gasteiger partial charge >= 0.3 is 12.3 Å². The molecule has 4 rings (SSSR count). The third kappa shape index (κ3) is 7.65. The van der Waals surface area contributed by atoms with Gasteiger partial charge in [0.05, 0.1) is 11.7 Å². The molecule has 0 unspecified atom stereocenters. The van der Waals surface area contributed by atoms with Gasteiger partial charge in [0.15, 0.2) is 0 Å². The van der Waals surface area contributed by atoms with Gasteiger partial charge in [0.2, 0.25) is 0 Å². The molecule has 0 radical (unpaired) electrons. The van der Waals surface area contributed by atoms with Crippen LogP contribution in [0.3, 0.4) is 0 Å². The molecule has 0 spiro atoms. The van der Waals surface area contributed by atoms with Crippen LogP contribution in [0.15, 0.2) is 48.6 Å². The molecule has 2 aromatic carbocycles. The average molecular weight is 557 g/mol. The lowest BCUT2D eigenvalue weighted by Crippen LogP contribution is -2.31. The fraction of sp³-hybridized carbons (Fsp3) is 0.548. The average Bonchev–Trinajstić information content (AvgIpc) is 2.87. The molecule has 2 fully saturated rings. The zero-order valence-corrected chi connectivity index (χ0v) is 22.1. The Kier molecular flexibility index (Phi) is 9.45. The number of halogens is 7. The second-order valence-electron chi connectivity index (χ2n) is 11.0. The monoisotopic (exact) mass is 556 g/mol. The van der Waals surface area contributed by atoms with Crippen LogP contribution in [0.4, 0.5) is 30.7 Å². The molecule has 0 amide bonds. The third-order valence-electron chi connectivity index (χ3n) is 8.10. The first-order valence-corrected chi connectivity index (χ1v) is 13.9. The van der Waals surface area contributed by atoms with Crippen molar-refractivity contribution in [3.05, 3.63) is 82.4 Å². The van der Waals surface area contributed by atoms with E-state index in [1.165, 1.54) is 0 Å². The summed E-state index contributed by atoms with van der Waals surface area (Å²) in [6, 6.07) is 7.37. The molecule has 0 bridgehead atoms. The number of allylic oxidation sites excluding steroid dienone is 2. The Morgan fingerprint density at radius 2 is 1.28 bits per heavy atom. The zero-order valence-electron chi connectivity index (χ0n) is 22.1. The van der Waals surface area contributed by atoms with Gasteiger partial charge in [0.1, 0.15) is 17.2 Å². The van der Waals surface area contributed by atoms with Crippen molar-refractivity contribution in [3.63, 3.8) is 0 Å². The highest BCUT2D eigenvalue weighted by Gasteiger charge is 2.42. The number of ether oxygens (including phenoxy) is 1. The van der Waals surface area contributed by atoms with Gasteiger partial charge in [-0.15, -0.1) is 0 Å². The number of aryl methyl sites for hydroxylation is 1. The highest BCUT2D eigenvalue weighted by molar-refractivity contribution is 5.29. The standard InChI is InChI=1S/C31H35F7O/c1-2-3-22-18-27(32)29(28(33)19-22)31(37,38)39-26-16-8-21(9-17-26)5-4-20-6-10-23(11-7-20)24-12-14-25(15-13-24)30(34,35)36/h4-5,12-15,18-21,23,26H,2-3,6-11,16-17H2,1H3/b5-4+. The van der Waals surface area contributed by atoms with Gasteiger partial charge in [-0.05, 0) is 111 Å².